The van der Waals surface area contributed by atoms with Gasteiger partial charge in [-0.15, -0.1) is 0 Å². The van der Waals surface area contributed by atoms with Crippen molar-refractivity contribution in [2.24, 2.45) is 0 Å². The summed E-state index contributed by atoms with van der Waals surface area (Å²) in [7, 11) is 1.63. The van der Waals surface area contributed by atoms with Crippen LogP contribution in [-0.2, 0) is 17.8 Å². The molecule has 0 amide bonds. The molecule has 0 saturated heterocycles. The molecule has 2 heterocycles. The van der Waals surface area contributed by atoms with E-state index in [9.17, 15) is 4.79 Å². The second kappa shape index (κ2) is 5.84. The highest BCUT2D eigenvalue weighted by molar-refractivity contribution is 5.71. The SMILES string of the molecule is COCCn1c(=O)n(CC=C(C)C)c2cccnc21. The third-order valence-electron chi connectivity index (χ3n) is 2.98. The molecule has 0 radical (unpaired) electrons. The van der Waals surface area contributed by atoms with Crippen LogP contribution in [0, 0.1) is 0 Å². The molecule has 0 aromatic carbocycles. The topological polar surface area (TPSA) is 49.0 Å². The number of fused-ring (bicyclic) bond motifs is 1. The summed E-state index contributed by atoms with van der Waals surface area (Å²) in [5.74, 6) is 0. The minimum atomic E-state index is -0.0387. The van der Waals surface area contributed by atoms with E-state index in [1.54, 1.807) is 22.4 Å². The number of allylic oxidation sites excluding steroid dienone is 2. The summed E-state index contributed by atoms with van der Waals surface area (Å²) in [5.41, 5.74) is 2.73. The van der Waals surface area contributed by atoms with Crippen LogP contribution in [0.25, 0.3) is 11.2 Å². The van der Waals surface area contributed by atoms with Gasteiger partial charge >= 0.3 is 5.69 Å². The van der Waals surface area contributed by atoms with Gasteiger partial charge in [-0.3, -0.25) is 9.13 Å². The molecule has 0 aliphatic carbocycles. The lowest BCUT2D eigenvalue weighted by molar-refractivity contribution is 0.187. The Morgan fingerprint density at radius 2 is 2.21 bits per heavy atom. The second-order valence-corrected chi connectivity index (χ2v) is 4.67. The average Bonchev–Trinajstić information content (AvgIpc) is 2.66. The first-order chi connectivity index (χ1) is 9.15. The van der Waals surface area contributed by atoms with Gasteiger partial charge in [0.2, 0.25) is 0 Å². The maximum absolute atomic E-state index is 12.4. The Bertz CT molecular complexity index is 648. The van der Waals surface area contributed by atoms with Crippen molar-refractivity contribution >= 4 is 11.2 Å². The summed E-state index contributed by atoms with van der Waals surface area (Å²) in [6.45, 7) is 5.63. The van der Waals surface area contributed by atoms with Crippen LogP contribution in [0.4, 0.5) is 0 Å². The largest absolute Gasteiger partial charge is 0.383 e. The molecule has 102 valence electrons. The molecule has 0 fully saturated rings. The van der Waals surface area contributed by atoms with E-state index in [4.69, 9.17) is 4.74 Å². The Labute approximate surface area is 112 Å². The Kier molecular flexibility index (Phi) is 4.16. The molecule has 0 aliphatic rings. The quantitative estimate of drug-likeness (QED) is 0.771. The van der Waals surface area contributed by atoms with Crippen molar-refractivity contribution in [3.05, 3.63) is 40.5 Å². The summed E-state index contributed by atoms with van der Waals surface area (Å²) >= 11 is 0. The highest BCUT2D eigenvalue weighted by Crippen LogP contribution is 2.10. The number of hydrogen-bond acceptors (Lipinski definition) is 3. The normalized spacial score (nSPS) is 10.9. The smallest absolute Gasteiger partial charge is 0.330 e. The van der Waals surface area contributed by atoms with E-state index in [2.05, 4.69) is 4.98 Å². The number of imidazole rings is 1. The highest BCUT2D eigenvalue weighted by Gasteiger charge is 2.12. The van der Waals surface area contributed by atoms with E-state index in [1.165, 1.54) is 5.57 Å². The lowest BCUT2D eigenvalue weighted by Crippen LogP contribution is -2.25. The molecular formula is C14H19N3O2. The number of nitrogens with zero attached hydrogens (tertiary/aromatic N) is 3. The number of methoxy groups -OCH3 is 1. The van der Waals surface area contributed by atoms with Crippen molar-refractivity contribution < 1.29 is 4.74 Å². The van der Waals surface area contributed by atoms with Gasteiger partial charge in [-0.25, -0.2) is 9.78 Å². The van der Waals surface area contributed by atoms with Crippen molar-refractivity contribution in [1.29, 1.82) is 0 Å². The molecule has 2 aromatic heterocycles. The van der Waals surface area contributed by atoms with Gasteiger partial charge in [-0.2, -0.15) is 0 Å². The van der Waals surface area contributed by atoms with Crippen LogP contribution in [0.15, 0.2) is 34.8 Å². The van der Waals surface area contributed by atoms with Crippen LogP contribution < -0.4 is 5.69 Å². The van der Waals surface area contributed by atoms with Crippen LogP contribution in [0.1, 0.15) is 13.8 Å². The fourth-order valence-corrected chi connectivity index (χ4v) is 1.98. The molecule has 2 aromatic rings. The van der Waals surface area contributed by atoms with Gasteiger partial charge in [-0.05, 0) is 26.0 Å². The number of hydrogen-bond donors (Lipinski definition) is 0. The van der Waals surface area contributed by atoms with Crippen LogP contribution >= 0.6 is 0 Å². The average molecular weight is 261 g/mol. The maximum atomic E-state index is 12.4. The van der Waals surface area contributed by atoms with Crippen LogP contribution in [0.5, 0.6) is 0 Å². The molecule has 2 rings (SSSR count). The molecule has 0 atom stereocenters. The fourth-order valence-electron chi connectivity index (χ4n) is 1.98. The Hall–Kier alpha value is -1.88. The molecule has 0 bridgehead atoms. The summed E-state index contributed by atoms with van der Waals surface area (Å²) in [4.78, 5) is 16.7. The van der Waals surface area contributed by atoms with E-state index in [-0.39, 0.29) is 5.69 Å². The zero-order chi connectivity index (χ0) is 13.8. The van der Waals surface area contributed by atoms with Crippen molar-refractivity contribution in [1.82, 2.24) is 14.1 Å². The number of aromatic nitrogens is 3. The molecule has 0 spiro atoms. The standard InChI is InChI=1S/C14H19N3O2/c1-11(2)6-8-16-12-5-4-7-15-13(12)17(14(16)18)9-10-19-3/h4-7H,8-10H2,1-3H3. The van der Waals surface area contributed by atoms with Gasteiger partial charge < -0.3 is 4.74 Å². The van der Waals surface area contributed by atoms with Crippen molar-refractivity contribution in [2.45, 2.75) is 26.9 Å². The third kappa shape index (κ3) is 2.76. The Morgan fingerprint density at radius 3 is 2.89 bits per heavy atom. The van der Waals surface area contributed by atoms with E-state index < -0.39 is 0 Å². The van der Waals surface area contributed by atoms with Crippen LogP contribution in [0.2, 0.25) is 0 Å². The van der Waals surface area contributed by atoms with Crippen molar-refractivity contribution in [3.8, 4) is 0 Å². The third-order valence-corrected chi connectivity index (χ3v) is 2.98. The molecule has 5 nitrogen and oxygen atoms in total. The van der Waals surface area contributed by atoms with Gasteiger partial charge in [0.05, 0.1) is 18.7 Å². The summed E-state index contributed by atoms with van der Waals surface area (Å²) in [6, 6.07) is 3.77. The molecule has 19 heavy (non-hydrogen) atoms. The number of ether oxygens (including phenoxy) is 1. The van der Waals surface area contributed by atoms with E-state index in [1.807, 2.05) is 32.1 Å². The molecule has 0 N–H and O–H groups in total. The second-order valence-electron chi connectivity index (χ2n) is 4.67. The summed E-state index contributed by atoms with van der Waals surface area (Å²) in [5, 5.41) is 0. The monoisotopic (exact) mass is 261 g/mol. The first kappa shape index (κ1) is 13.5. The van der Waals surface area contributed by atoms with Gasteiger partial charge in [0.1, 0.15) is 0 Å². The minimum absolute atomic E-state index is 0.0387. The zero-order valence-electron chi connectivity index (χ0n) is 11.6. The van der Waals surface area contributed by atoms with Gasteiger partial charge in [0.25, 0.3) is 0 Å². The maximum Gasteiger partial charge on any atom is 0.330 e. The van der Waals surface area contributed by atoms with Gasteiger partial charge in [0, 0.05) is 19.9 Å². The number of pyridine rings is 1. The van der Waals surface area contributed by atoms with Crippen molar-refractivity contribution in [2.75, 3.05) is 13.7 Å². The number of rotatable bonds is 5. The summed E-state index contributed by atoms with van der Waals surface area (Å²) in [6.07, 6.45) is 3.74. The van der Waals surface area contributed by atoms with E-state index in [0.29, 0.717) is 25.3 Å². The summed E-state index contributed by atoms with van der Waals surface area (Å²) < 4.78 is 8.45. The predicted octanol–water partition coefficient (Wildman–Crippen LogP) is 1.81. The fraction of sp³-hybridized carbons (Fsp3) is 0.429. The van der Waals surface area contributed by atoms with Gasteiger partial charge in [0.15, 0.2) is 5.65 Å². The Morgan fingerprint density at radius 1 is 1.42 bits per heavy atom. The predicted molar refractivity (Wildman–Crippen MR) is 75.3 cm³/mol. The molecular weight excluding hydrogens is 242 g/mol. The molecule has 0 aliphatic heterocycles. The van der Waals surface area contributed by atoms with Crippen LogP contribution in [0.3, 0.4) is 0 Å². The lowest BCUT2D eigenvalue weighted by atomic mass is 10.3. The van der Waals surface area contributed by atoms with Gasteiger partial charge in [-0.1, -0.05) is 11.6 Å². The molecule has 0 saturated carbocycles. The Balaban J connectivity index is 2.54. The first-order valence-corrected chi connectivity index (χ1v) is 6.31. The lowest BCUT2D eigenvalue weighted by Gasteiger charge is -2.00. The molecule has 0 unspecified atom stereocenters. The highest BCUT2D eigenvalue weighted by atomic mass is 16.5. The van der Waals surface area contributed by atoms with E-state index in [0.717, 1.165) is 5.52 Å². The minimum Gasteiger partial charge on any atom is -0.383 e. The first-order valence-electron chi connectivity index (χ1n) is 6.31. The van der Waals surface area contributed by atoms with Crippen LogP contribution in [-0.4, -0.2) is 27.8 Å². The zero-order valence-corrected chi connectivity index (χ0v) is 11.6. The van der Waals surface area contributed by atoms with Crippen molar-refractivity contribution in [3.63, 3.8) is 0 Å². The molecule has 5 heteroatoms. The van der Waals surface area contributed by atoms with E-state index >= 15 is 0 Å².